The van der Waals surface area contributed by atoms with Gasteiger partial charge in [0.1, 0.15) is 5.75 Å². The van der Waals surface area contributed by atoms with Gasteiger partial charge in [-0.15, -0.1) is 0 Å². The summed E-state index contributed by atoms with van der Waals surface area (Å²) in [6.45, 7) is 0. The maximum absolute atomic E-state index is 10.9. The Hall–Kier alpha value is -1.77. The fourth-order valence-electron chi connectivity index (χ4n) is 2.09. The van der Waals surface area contributed by atoms with Crippen LogP contribution in [0.4, 0.5) is 0 Å². The summed E-state index contributed by atoms with van der Waals surface area (Å²) in [6.07, 6.45) is 4.68. The van der Waals surface area contributed by atoms with E-state index in [4.69, 9.17) is 9.84 Å². The maximum Gasteiger partial charge on any atom is 0.328 e. The minimum absolute atomic E-state index is 0.387. The molecule has 3 nitrogen and oxygen atoms in total. The molecule has 90 valence electrons. The van der Waals surface area contributed by atoms with Crippen LogP contribution >= 0.6 is 0 Å². The third-order valence-corrected chi connectivity index (χ3v) is 3.23. The second-order valence-corrected chi connectivity index (χ2v) is 4.30. The molecule has 0 bridgehead atoms. The number of benzene rings is 1. The van der Waals surface area contributed by atoms with E-state index in [1.54, 1.807) is 7.11 Å². The summed E-state index contributed by atoms with van der Waals surface area (Å²) in [5, 5.41) is 8.93. The quantitative estimate of drug-likeness (QED) is 0.812. The molecule has 0 unspecified atom stereocenters. The lowest BCUT2D eigenvalue weighted by molar-refractivity contribution is -0.131. The molecule has 0 amide bonds. The number of carboxylic acids is 1. The molecule has 0 radical (unpaired) electrons. The summed E-state index contributed by atoms with van der Waals surface area (Å²) in [5.74, 6) is 0.269. The van der Waals surface area contributed by atoms with Gasteiger partial charge in [-0.3, -0.25) is 0 Å². The van der Waals surface area contributed by atoms with Gasteiger partial charge in [0.15, 0.2) is 0 Å². The summed E-state index contributed by atoms with van der Waals surface area (Å²) in [4.78, 5) is 10.9. The van der Waals surface area contributed by atoms with Crippen molar-refractivity contribution in [1.29, 1.82) is 0 Å². The summed E-state index contributed by atoms with van der Waals surface area (Å²) in [5.41, 5.74) is 1.87. The van der Waals surface area contributed by atoms with Crippen molar-refractivity contribution in [2.75, 3.05) is 7.11 Å². The van der Waals surface area contributed by atoms with Crippen LogP contribution in [0.2, 0.25) is 0 Å². The van der Waals surface area contributed by atoms with E-state index >= 15 is 0 Å². The van der Waals surface area contributed by atoms with E-state index in [1.165, 1.54) is 12.5 Å². The molecule has 0 atom stereocenters. The normalized spacial score (nSPS) is 16.4. The van der Waals surface area contributed by atoms with E-state index in [9.17, 15) is 4.79 Å². The van der Waals surface area contributed by atoms with Crippen molar-refractivity contribution in [3.8, 4) is 5.75 Å². The van der Waals surface area contributed by atoms with Crippen LogP contribution in [0.15, 0.2) is 30.3 Å². The highest BCUT2D eigenvalue weighted by Crippen LogP contribution is 2.39. The molecule has 1 aromatic rings. The number of carboxylic acid groups (broad SMARTS) is 1. The number of methoxy groups -OCH3 is 1. The Balaban J connectivity index is 2.34. The molecule has 1 N–H and O–H groups in total. The third kappa shape index (κ3) is 2.67. The molecule has 1 saturated carbocycles. The molecule has 3 heteroatoms. The lowest BCUT2D eigenvalue weighted by Crippen LogP contribution is -2.14. The Kier molecular flexibility index (Phi) is 3.47. The zero-order valence-electron chi connectivity index (χ0n) is 9.85. The Morgan fingerprint density at radius 2 is 2.24 bits per heavy atom. The topological polar surface area (TPSA) is 46.5 Å². The van der Waals surface area contributed by atoms with Crippen molar-refractivity contribution in [2.24, 2.45) is 5.92 Å². The maximum atomic E-state index is 10.9. The van der Waals surface area contributed by atoms with Crippen LogP contribution in [-0.4, -0.2) is 18.2 Å². The zero-order chi connectivity index (χ0) is 12.3. The summed E-state index contributed by atoms with van der Waals surface area (Å²) >= 11 is 0. The number of hydrogen-bond acceptors (Lipinski definition) is 2. The molecule has 0 aliphatic heterocycles. The Morgan fingerprint density at radius 3 is 2.76 bits per heavy atom. The van der Waals surface area contributed by atoms with Crippen molar-refractivity contribution >= 4 is 11.5 Å². The van der Waals surface area contributed by atoms with Gasteiger partial charge in [-0.2, -0.15) is 0 Å². The zero-order valence-corrected chi connectivity index (χ0v) is 9.85. The van der Waals surface area contributed by atoms with Gasteiger partial charge in [-0.25, -0.2) is 4.79 Å². The van der Waals surface area contributed by atoms with Crippen LogP contribution < -0.4 is 4.74 Å². The largest absolute Gasteiger partial charge is 0.497 e. The van der Waals surface area contributed by atoms with Crippen LogP contribution in [-0.2, 0) is 4.79 Å². The number of hydrogen-bond donors (Lipinski definition) is 1. The number of allylic oxidation sites excluding steroid dienone is 1. The fraction of sp³-hybridized carbons (Fsp3) is 0.357. The van der Waals surface area contributed by atoms with E-state index in [0.29, 0.717) is 5.92 Å². The van der Waals surface area contributed by atoms with E-state index in [2.05, 4.69) is 0 Å². The predicted molar refractivity (Wildman–Crippen MR) is 65.9 cm³/mol. The molecule has 1 fully saturated rings. The Labute approximate surface area is 101 Å². The summed E-state index contributed by atoms with van der Waals surface area (Å²) in [7, 11) is 1.61. The monoisotopic (exact) mass is 232 g/mol. The van der Waals surface area contributed by atoms with Crippen molar-refractivity contribution in [3.05, 3.63) is 35.9 Å². The molecular weight excluding hydrogens is 216 g/mol. The minimum Gasteiger partial charge on any atom is -0.497 e. The van der Waals surface area contributed by atoms with Gasteiger partial charge in [-0.05, 0) is 42.0 Å². The molecule has 0 spiro atoms. The van der Waals surface area contributed by atoms with Gasteiger partial charge in [0.25, 0.3) is 0 Å². The lowest BCUT2D eigenvalue weighted by Gasteiger charge is -2.28. The highest BCUT2D eigenvalue weighted by atomic mass is 16.5. The molecular formula is C14H16O3. The van der Waals surface area contributed by atoms with Gasteiger partial charge < -0.3 is 9.84 Å². The van der Waals surface area contributed by atoms with Crippen molar-refractivity contribution in [2.45, 2.75) is 19.3 Å². The first-order valence-electron chi connectivity index (χ1n) is 5.79. The minimum atomic E-state index is -0.880. The average Bonchev–Trinajstić information content (AvgIpc) is 2.25. The second-order valence-electron chi connectivity index (χ2n) is 4.30. The first kappa shape index (κ1) is 11.7. The summed E-state index contributed by atoms with van der Waals surface area (Å²) < 4.78 is 5.17. The number of carbonyl (C=O) groups is 1. The Bertz CT molecular complexity index is 445. The van der Waals surface area contributed by atoms with Crippen molar-refractivity contribution in [3.63, 3.8) is 0 Å². The second kappa shape index (κ2) is 5.04. The van der Waals surface area contributed by atoms with Crippen LogP contribution in [0, 0.1) is 5.92 Å². The standard InChI is InChI=1S/C14H16O3/c1-17-12-7-3-6-11(8-12)13(9-14(15)16)10-4-2-5-10/h3,6-10H,2,4-5H2,1H3,(H,15,16)/b13-9+. The van der Waals surface area contributed by atoms with E-state index in [1.807, 2.05) is 24.3 Å². The van der Waals surface area contributed by atoms with Crippen molar-refractivity contribution in [1.82, 2.24) is 0 Å². The van der Waals surface area contributed by atoms with Gasteiger partial charge in [-0.1, -0.05) is 18.6 Å². The predicted octanol–water partition coefficient (Wildman–Crippen LogP) is 2.96. The number of rotatable bonds is 4. The third-order valence-electron chi connectivity index (χ3n) is 3.23. The molecule has 1 aliphatic carbocycles. The van der Waals surface area contributed by atoms with Crippen molar-refractivity contribution < 1.29 is 14.6 Å². The molecule has 1 aliphatic rings. The van der Waals surface area contributed by atoms with Gasteiger partial charge in [0, 0.05) is 6.08 Å². The lowest BCUT2D eigenvalue weighted by atomic mass is 9.77. The molecule has 2 rings (SSSR count). The van der Waals surface area contributed by atoms with Crippen LogP contribution in [0.25, 0.3) is 5.57 Å². The SMILES string of the molecule is COc1cccc(/C(=C/C(=O)O)C2CCC2)c1. The molecule has 0 heterocycles. The summed E-state index contributed by atoms with van der Waals surface area (Å²) in [6, 6.07) is 7.59. The van der Waals surface area contributed by atoms with E-state index in [-0.39, 0.29) is 0 Å². The Morgan fingerprint density at radius 1 is 1.47 bits per heavy atom. The van der Waals surface area contributed by atoms with Gasteiger partial charge in [0.2, 0.25) is 0 Å². The molecule has 1 aromatic carbocycles. The van der Waals surface area contributed by atoms with Crippen LogP contribution in [0.1, 0.15) is 24.8 Å². The van der Waals surface area contributed by atoms with Crippen LogP contribution in [0.3, 0.4) is 0 Å². The average molecular weight is 232 g/mol. The number of aliphatic carboxylic acids is 1. The number of ether oxygens (including phenoxy) is 1. The fourth-order valence-corrected chi connectivity index (χ4v) is 2.09. The molecule has 17 heavy (non-hydrogen) atoms. The molecule has 0 aromatic heterocycles. The van der Waals surface area contributed by atoms with Gasteiger partial charge >= 0.3 is 5.97 Å². The first-order chi connectivity index (χ1) is 8.20. The van der Waals surface area contributed by atoms with Gasteiger partial charge in [0.05, 0.1) is 7.11 Å². The first-order valence-corrected chi connectivity index (χ1v) is 5.79. The highest BCUT2D eigenvalue weighted by Gasteiger charge is 2.23. The molecule has 0 saturated heterocycles. The van der Waals surface area contributed by atoms with E-state index < -0.39 is 5.97 Å². The van der Waals surface area contributed by atoms with E-state index in [0.717, 1.165) is 29.7 Å². The highest BCUT2D eigenvalue weighted by molar-refractivity contribution is 5.90. The van der Waals surface area contributed by atoms with Crippen LogP contribution in [0.5, 0.6) is 5.75 Å². The smallest absolute Gasteiger partial charge is 0.328 e.